The van der Waals surface area contributed by atoms with Gasteiger partial charge in [0.05, 0.1) is 5.69 Å². The number of rotatable bonds is 7. The van der Waals surface area contributed by atoms with Crippen LogP contribution in [0.5, 0.6) is 0 Å². The summed E-state index contributed by atoms with van der Waals surface area (Å²) in [6, 6.07) is 20.5. The van der Waals surface area contributed by atoms with Crippen LogP contribution in [0.25, 0.3) is 33.4 Å². The van der Waals surface area contributed by atoms with E-state index < -0.39 is 0 Å². The molecule has 30 heavy (non-hydrogen) atoms. The van der Waals surface area contributed by atoms with Crippen molar-refractivity contribution in [2.75, 3.05) is 6.54 Å². The number of aromatic amines is 1. The molecule has 0 aliphatic heterocycles. The molecule has 0 bridgehead atoms. The van der Waals surface area contributed by atoms with Crippen LogP contribution >= 0.6 is 12.2 Å². The van der Waals surface area contributed by atoms with Crippen molar-refractivity contribution in [3.8, 4) is 22.4 Å². The van der Waals surface area contributed by atoms with Crippen LogP contribution in [0.15, 0.2) is 66.9 Å². The van der Waals surface area contributed by atoms with E-state index in [2.05, 4.69) is 57.7 Å². The van der Waals surface area contributed by atoms with Gasteiger partial charge < -0.3 is 16.0 Å². The van der Waals surface area contributed by atoms with E-state index in [9.17, 15) is 4.79 Å². The second-order valence-electron chi connectivity index (χ2n) is 6.97. The third-order valence-electron chi connectivity index (χ3n) is 4.79. The van der Waals surface area contributed by atoms with Crippen LogP contribution in [0.4, 0.5) is 0 Å². The molecule has 4 rings (SSSR count). The van der Waals surface area contributed by atoms with Crippen LogP contribution in [0.3, 0.4) is 0 Å². The maximum Gasteiger partial charge on any atom is 0.218 e. The number of nitrogens with two attached hydrogens (primary N) is 1. The highest BCUT2D eigenvalue weighted by Crippen LogP contribution is 2.32. The molecule has 0 atom stereocenters. The van der Waals surface area contributed by atoms with Crippen LogP contribution in [-0.2, 0) is 11.3 Å². The van der Waals surface area contributed by atoms with E-state index in [1.165, 1.54) is 0 Å². The second kappa shape index (κ2) is 8.94. The molecule has 0 saturated heterocycles. The summed E-state index contributed by atoms with van der Waals surface area (Å²) in [7, 11) is 0. The Labute approximate surface area is 179 Å². The number of benzene rings is 2. The van der Waals surface area contributed by atoms with Crippen LogP contribution in [0, 0.1) is 4.77 Å². The van der Waals surface area contributed by atoms with Gasteiger partial charge in [-0.25, -0.2) is 9.97 Å². The molecule has 6 nitrogen and oxygen atoms in total. The van der Waals surface area contributed by atoms with Crippen molar-refractivity contribution < 1.29 is 4.79 Å². The molecule has 1 amide bonds. The molecule has 2 heterocycles. The first-order chi connectivity index (χ1) is 14.6. The molecule has 4 aromatic rings. The van der Waals surface area contributed by atoms with Crippen molar-refractivity contribution in [2.24, 2.45) is 5.73 Å². The van der Waals surface area contributed by atoms with E-state index in [0.717, 1.165) is 33.3 Å². The van der Waals surface area contributed by atoms with Crippen molar-refractivity contribution in [1.82, 2.24) is 20.3 Å². The highest BCUT2D eigenvalue weighted by atomic mass is 32.1. The zero-order valence-corrected chi connectivity index (χ0v) is 17.1. The minimum Gasteiger partial charge on any atom is -0.370 e. The maximum absolute atomic E-state index is 10.8. The largest absolute Gasteiger partial charge is 0.370 e. The molecule has 4 N–H and O–H groups in total. The summed E-state index contributed by atoms with van der Waals surface area (Å²) in [5.41, 5.74) is 11.0. The lowest BCUT2D eigenvalue weighted by atomic mass is 9.98. The zero-order valence-electron chi connectivity index (χ0n) is 16.3. The number of primary amides is 1. The standard InChI is InChI=1S/C23H21N5OS/c24-20(29)10-11-25-13-15-6-8-17(9-7-15)21-19(16-4-2-1-3-5-16)12-18-14-26-23(30)28-22(18)27-21/h1-9,12,14,25H,10-11,13H2,(H2,24,29)(H,26,27,28,30). The van der Waals surface area contributed by atoms with Gasteiger partial charge in [0.1, 0.15) is 5.65 Å². The Morgan fingerprint density at radius 3 is 2.57 bits per heavy atom. The number of fused-ring (bicyclic) bond motifs is 1. The van der Waals surface area contributed by atoms with Gasteiger partial charge in [-0.2, -0.15) is 0 Å². The lowest BCUT2D eigenvalue weighted by molar-refractivity contribution is -0.117. The van der Waals surface area contributed by atoms with Gasteiger partial charge in [-0.15, -0.1) is 0 Å². The summed E-state index contributed by atoms with van der Waals surface area (Å²) < 4.78 is 0.408. The number of hydrogen-bond donors (Lipinski definition) is 3. The van der Waals surface area contributed by atoms with Gasteiger partial charge in [0, 0.05) is 42.2 Å². The number of nitrogens with zero attached hydrogens (tertiary/aromatic N) is 2. The number of carbonyl (C=O) groups is 1. The summed E-state index contributed by atoms with van der Waals surface area (Å²) in [5, 5.41) is 4.12. The lowest BCUT2D eigenvalue weighted by Gasteiger charge is -2.12. The fraction of sp³-hybridized carbons (Fsp3) is 0.130. The number of carbonyl (C=O) groups excluding carboxylic acids is 1. The number of amides is 1. The van der Waals surface area contributed by atoms with E-state index in [1.54, 1.807) is 6.20 Å². The SMILES string of the molecule is NC(=O)CCNCc1ccc(-c2nc3[nH]c(=S)ncc3cc2-c2ccccc2)cc1. The molecule has 2 aromatic heterocycles. The monoisotopic (exact) mass is 415 g/mol. The third-order valence-corrected chi connectivity index (χ3v) is 5.00. The zero-order chi connectivity index (χ0) is 20.9. The van der Waals surface area contributed by atoms with Crippen molar-refractivity contribution in [1.29, 1.82) is 0 Å². The summed E-state index contributed by atoms with van der Waals surface area (Å²) in [5.74, 6) is -0.303. The fourth-order valence-corrected chi connectivity index (χ4v) is 3.42. The van der Waals surface area contributed by atoms with Crippen molar-refractivity contribution in [3.05, 3.63) is 77.2 Å². The molecular formula is C23H21N5OS. The fourth-order valence-electron chi connectivity index (χ4n) is 3.27. The second-order valence-corrected chi connectivity index (χ2v) is 7.35. The molecule has 7 heteroatoms. The Morgan fingerprint density at radius 1 is 1.07 bits per heavy atom. The van der Waals surface area contributed by atoms with Gasteiger partial charge in [-0.05, 0) is 29.4 Å². The first-order valence-electron chi connectivity index (χ1n) is 9.64. The normalized spacial score (nSPS) is 10.9. The van der Waals surface area contributed by atoms with E-state index >= 15 is 0 Å². The number of nitrogens with one attached hydrogen (secondary N) is 2. The number of pyridine rings is 1. The van der Waals surface area contributed by atoms with Crippen LogP contribution < -0.4 is 11.1 Å². The first-order valence-corrected chi connectivity index (χ1v) is 10.0. The summed E-state index contributed by atoms with van der Waals surface area (Å²) in [6.07, 6.45) is 2.08. The summed E-state index contributed by atoms with van der Waals surface area (Å²) in [6.45, 7) is 1.23. The van der Waals surface area contributed by atoms with Crippen molar-refractivity contribution in [2.45, 2.75) is 13.0 Å². The minimum absolute atomic E-state index is 0.303. The molecular weight excluding hydrogens is 394 g/mol. The van der Waals surface area contributed by atoms with Gasteiger partial charge in [0.2, 0.25) is 5.91 Å². The minimum atomic E-state index is -0.303. The number of hydrogen-bond acceptors (Lipinski definition) is 5. The van der Waals surface area contributed by atoms with Crippen molar-refractivity contribution in [3.63, 3.8) is 0 Å². The molecule has 0 unspecified atom stereocenters. The Balaban J connectivity index is 1.70. The smallest absolute Gasteiger partial charge is 0.218 e. The molecule has 0 aliphatic rings. The van der Waals surface area contributed by atoms with Gasteiger partial charge in [-0.3, -0.25) is 4.79 Å². The van der Waals surface area contributed by atoms with Gasteiger partial charge in [-0.1, -0.05) is 54.6 Å². The molecule has 2 aromatic carbocycles. The molecule has 0 radical (unpaired) electrons. The summed E-state index contributed by atoms with van der Waals surface area (Å²) >= 11 is 5.17. The predicted octanol–water partition coefficient (Wildman–Crippen LogP) is 3.99. The third kappa shape index (κ3) is 4.59. The van der Waals surface area contributed by atoms with Crippen LogP contribution in [-0.4, -0.2) is 27.4 Å². The number of H-pyrrole nitrogens is 1. The van der Waals surface area contributed by atoms with Crippen LogP contribution in [0.2, 0.25) is 0 Å². The van der Waals surface area contributed by atoms with Crippen LogP contribution in [0.1, 0.15) is 12.0 Å². The molecule has 0 spiro atoms. The molecule has 150 valence electrons. The van der Waals surface area contributed by atoms with Crippen molar-refractivity contribution >= 4 is 29.2 Å². The molecule has 0 fully saturated rings. The Kier molecular flexibility index (Phi) is 5.92. The van der Waals surface area contributed by atoms with E-state index in [4.69, 9.17) is 22.9 Å². The Hall–Kier alpha value is -3.42. The topological polar surface area (TPSA) is 96.7 Å². The van der Waals surface area contributed by atoms with Gasteiger partial charge in [0.15, 0.2) is 4.77 Å². The molecule has 0 aliphatic carbocycles. The molecule has 0 saturated carbocycles. The van der Waals surface area contributed by atoms with E-state index in [-0.39, 0.29) is 5.91 Å². The van der Waals surface area contributed by atoms with E-state index in [0.29, 0.717) is 29.9 Å². The van der Waals surface area contributed by atoms with Gasteiger partial charge in [0.25, 0.3) is 0 Å². The number of aromatic nitrogens is 3. The summed E-state index contributed by atoms with van der Waals surface area (Å²) in [4.78, 5) is 23.0. The van der Waals surface area contributed by atoms with E-state index in [1.807, 2.05) is 18.2 Å². The average Bonchev–Trinajstić information content (AvgIpc) is 2.77. The predicted molar refractivity (Wildman–Crippen MR) is 121 cm³/mol. The quantitative estimate of drug-likeness (QED) is 0.313. The van der Waals surface area contributed by atoms with Gasteiger partial charge >= 0.3 is 0 Å². The Bertz CT molecular complexity index is 1240. The maximum atomic E-state index is 10.8. The Morgan fingerprint density at radius 2 is 1.83 bits per heavy atom. The lowest BCUT2D eigenvalue weighted by Crippen LogP contribution is -2.21. The average molecular weight is 416 g/mol. The highest BCUT2D eigenvalue weighted by molar-refractivity contribution is 7.71. The highest BCUT2D eigenvalue weighted by Gasteiger charge is 2.12. The first kappa shape index (κ1) is 19.9.